The third-order valence-electron chi connectivity index (χ3n) is 12.9. The number of carbonyl (C=O) groups is 2. The summed E-state index contributed by atoms with van der Waals surface area (Å²) in [5.41, 5.74) is 1.18. The molecule has 4 heteroatoms. The average molecular weight is 538 g/mol. The maximum atomic E-state index is 14.4. The van der Waals surface area contributed by atoms with Gasteiger partial charge in [0.1, 0.15) is 11.4 Å². The van der Waals surface area contributed by atoms with Gasteiger partial charge in [-0.05, 0) is 122 Å². The van der Waals surface area contributed by atoms with E-state index in [1.54, 1.807) is 0 Å². The van der Waals surface area contributed by atoms with E-state index in [0.717, 1.165) is 32.1 Å². The van der Waals surface area contributed by atoms with E-state index in [1.165, 1.54) is 18.4 Å². The maximum Gasteiger partial charge on any atom is 0.407 e. The highest BCUT2D eigenvalue weighted by Crippen LogP contribution is 2.72. The number of hydrogen-bond donors (Lipinski definition) is 1. The molecule has 218 valence electrons. The van der Waals surface area contributed by atoms with Crippen LogP contribution < -0.4 is 5.32 Å². The molecule has 5 aliphatic rings. The molecular formula is C35H55NO3. The van der Waals surface area contributed by atoms with Gasteiger partial charge in [0.05, 0.1) is 0 Å². The van der Waals surface area contributed by atoms with Crippen molar-refractivity contribution in [3.63, 3.8) is 0 Å². The van der Waals surface area contributed by atoms with Crippen molar-refractivity contribution in [1.29, 1.82) is 0 Å². The molecule has 4 saturated carbocycles. The quantitative estimate of drug-likeness (QED) is 0.384. The Balaban J connectivity index is 1.47. The van der Waals surface area contributed by atoms with Crippen molar-refractivity contribution in [3.8, 4) is 0 Å². The van der Waals surface area contributed by atoms with Crippen molar-refractivity contribution in [2.45, 2.75) is 119 Å². The summed E-state index contributed by atoms with van der Waals surface area (Å²) in [4.78, 5) is 27.2. The van der Waals surface area contributed by atoms with Gasteiger partial charge in [0.25, 0.3) is 0 Å². The largest absolute Gasteiger partial charge is 0.444 e. The summed E-state index contributed by atoms with van der Waals surface area (Å²) in [5, 5.41) is 3.17. The summed E-state index contributed by atoms with van der Waals surface area (Å²) < 4.78 is 5.62. The zero-order chi connectivity index (χ0) is 28.8. The lowest BCUT2D eigenvalue weighted by molar-refractivity contribution is -0.187. The number of Topliss-reactive ketones (excluding diaryl/α,β-unsaturated/α-hetero) is 1. The Labute approximate surface area is 238 Å². The van der Waals surface area contributed by atoms with Gasteiger partial charge < -0.3 is 10.1 Å². The number of ketones is 1. The zero-order valence-corrected chi connectivity index (χ0v) is 26.3. The van der Waals surface area contributed by atoms with E-state index >= 15 is 0 Å². The lowest BCUT2D eigenvalue weighted by Gasteiger charge is -2.68. The van der Waals surface area contributed by atoms with Crippen LogP contribution in [0.1, 0.15) is 114 Å². The van der Waals surface area contributed by atoms with E-state index in [1.807, 2.05) is 20.8 Å². The van der Waals surface area contributed by atoms with Crippen LogP contribution in [0.25, 0.3) is 0 Å². The van der Waals surface area contributed by atoms with E-state index in [-0.39, 0.29) is 39.1 Å². The van der Waals surface area contributed by atoms with Gasteiger partial charge in [0, 0.05) is 18.9 Å². The fourth-order valence-electron chi connectivity index (χ4n) is 10.7. The van der Waals surface area contributed by atoms with Crippen LogP contribution in [-0.2, 0) is 9.53 Å². The molecule has 0 aromatic rings. The van der Waals surface area contributed by atoms with Crippen molar-refractivity contribution in [1.82, 2.24) is 5.32 Å². The number of ether oxygens (including phenoxy) is 1. The van der Waals surface area contributed by atoms with E-state index in [9.17, 15) is 9.59 Å². The molecule has 4 fully saturated rings. The first kappa shape index (κ1) is 28.9. The smallest absolute Gasteiger partial charge is 0.407 e. The van der Waals surface area contributed by atoms with Gasteiger partial charge in [-0.3, -0.25) is 4.79 Å². The van der Waals surface area contributed by atoms with E-state index in [4.69, 9.17) is 4.74 Å². The number of alkyl carbamates (subject to hydrolysis) is 1. The first-order chi connectivity index (χ1) is 17.8. The number of nitrogens with one attached hydrogen (secondary N) is 1. The number of hydrogen-bond acceptors (Lipinski definition) is 3. The van der Waals surface area contributed by atoms with Crippen molar-refractivity contribution in [2.75, 3.05) is 6.54 Å². The number of allylic oxidation sites excluding steroid dienone is 3. The fraction of sp³-hybridized carbons (Fsp3) is 0.829. The van der Waals surface area contributed by atoms with E-state index in [2.05, 4.69) is 65.6 Å². The highest BCUT2D eigenvalue weighted by Gasteiger charge is 2.67. The van der Waals surface area contributed by atoms with Crippen LogP contribution in [0.2, 0.25) is 0 Å². The third kappa shape index (κ3) is 4.55. The molecule has 1 N–H and O–H groups in total. The summed E-state index contributed by atoms with van der Waals surface area (Å²) in [6.45, 7) is 25.3. The minimum Gasteiger partial charge on any atom is -0.444 e. The molecule has 0 aliphatic heterocycles. The Hall–Kier alpha value is -1.58. The van der Waals surface area contributed by atoms with Gasteiger partial charge in [0.15, 0.2) is 0 Å². The number of carbonyl (C=O) groups excluding carboxylic acids is 2. The summed E-state index contributed by atoms with van der Waals surface area (Å²) >= 11 is 0. The normalized spacial score (nSPS) is 44.4. The molecule has 0 aromatic carbocycles. The standard InChI is InChI=1S/C35H55NO3/c1-22-11-14-34(10)26(32(22,7)8)13-15-33(9)23-12-16-35(21-36-29(38)39-30(2,3)4)18-17-31(5,6)20-24(35)28(23)25(37)19-27(33)34/h11,14,23-24,26-28H,1,12-13,15-21H2,2-10H3,(H,36,38). The third-order valence-corrected chi connectivity index (χ3v) is 12.9. The number of rotatable bonds is 2. The second-order valence-electron chi connectivity index (χ2n) is 17.1. The molecule has 0 aromatic heterocycles. The summed E-state index contributed by atoms with van der Waals surface area (Å²) in [7, 11) is 0. The average Bonchev–Trinajstić information content (AvgIpc) is 2.80. The van der Waals surface area contributed by atoms with Crippen LogP contribution in [0, 0.1) is 56.7 Å². The van der Waals surface area contributed by atoms with Gasteiger partial charge in [-0.15, -0.1) is 0 Å². The minimum atomic E-state index is -0.514. The number of amides is 1. The fourth-order valence-corrected chi connectivity index (χ4v) is 10.7. The Morgan fingerprint density at radius 1 is 1.00 bits per heavy atom. The van der Waals surface area contributed by atoms with Gasteiger partial charge in [0.2, 0.25) is 0 Å². The molecular weight excluding hydrogens is 482 g/mol. The monoisotopic (exact) mass is 537 g/mol. The lowest BCUT2D eigenvalue weighted by Crippen LogP contribution is -2.65. The molecule has 8 atom stereocenters. The van der Waals surface area contributed by atoms with Crippen LogP contribution in [-0.4, -0.2) is 24.0 Å². The Morgan fingerprint density at radius 3 is 2.36 bits per heavy atom. The van der Waals surface area contributed by atoms with Crippen molar-refractivity contribution in [2.24, 2.45) is 56.7 Å². The zero-order valence-electron chi connectivity index (χ0n) is 26.3. The molecule has 39 heavy (non-hydrogen) atoms. The molecule has 0 radical (unpaired) electrons. The molecule has 0 bridgehead atoms. The van der Waals surface area contributed by atoms with Crippen LogP contribution in [0.3, 0.4) is 0 Å². The van der Waals surface area contributed by atoms with E-state index < -0.39 is 5.60 Å². The lowest BCUT2D eigenvalue weighted by atomic mass is 9.35. The van der Waals surface area contributed by atoms with E-state index in [0.29, 0.717) is 42.4 Å². The molecule has 0 saturated heterocycles. The summed E-state index contributed by atoms with van der Waals surface area (Å²) in [6, 6.07) is 0. The summed E-state index contributed by atoms with van der Waals surface area (Å²) in [5.74, 6) is 2.27. The Morgan fingerprint density at radius 2 is 1.69 bits per heavy atom. The molecule has 8 unspecified atom stereocenters. The van der Waals surface area contributed by atoms with Crippen molar-refractivity contribution in [3.05, 3.63) is 24.3 Å². The van der Waals surface area contributed by atoms with Crippen LogP contribution in [0.15, 0.2) is 24.3 Å². The first-order valence-corrected chi connectivity index (χ1v) is 15.7. The molecule has 5 aliphatic carbocycles. The second-order valence-corrected chi connectivity index (χ2v) is 17.1. The summed E-state index contributed by atoms with van der Waals surface area (Å²) in [6.07, 6.45) is 13.0. The molecule has 4 nitrogen and oxygen atoms in total. The van der Waals surface area contributed by atoms with Gasteiger partial charge >= 0.3 is 6.09 Å². The van der Waals surface area contributed by atoms with Crippen LogP contribution in [0.5, 0.6) is 0 Å². The minimum absolute atomic E-state index is 0.0158. The number of fused-ring (bicyclic) bond motifs is 7. The van der Waals surface area contributed by atoms with Gasteiger partial charge in [-0.2, -0.15) is 0 Å². The Kier molecular flexibility index (Phi) is 6.65. The highest BCUT2D eigenvalue weighted by atomic mass is 16.6. The molecule has 0 spiro atoms. The predicted octanol–water partition coefficient (Wildman–Crippen LogP) is 8.51. The van der Waals surface area contributed by atoms with Gasteiger partial charge in [-0.25, -0.2) is 4.79 Å². The second kappa shape index (κ2) is 8.96. The topological polar surface area (TPSA) is 55.4 Å². The van der Waals surface area contributed by atoms with Gasteiger partial charge in [-0.1, -0.05) is 60.3 Å². The maximum absolute atomic E-state index is 14.4. The van der Waals surface area contributed by atoms with Crippen molar-refractivity contribution < 1.29 is 14.3 Å². The van der Waals surface area contributed by atoms with Crippen molar-refractivity contribution >= 4 is 11.9 Å². The molecule has 1 amide bonds. The predicted molar refractivity (Wildman–Crippen MR) is 158 cm³/mol. The van der Waals surface area contributed by atoms with Crippen LogP contribution in [0.4, 0.5) is 4.79 Å². The first-order valence-electron chi connectivity index (χ1n) is 15.7. The van der Waals surface area contributed by atoms with Crippen LogP contribution >= 0.6 is 0 Å². The Bertz CT molecular complexity index is 1080. The highest BCUT2D eigenvalue weighted by molar-refractivity contribution is 5.84. The SMILES string of the molecule is C=C1C=CC2(C)C(CCC3(C)C4CCC5(CNC(=O)OC(C)(C)C)CCC(C)(C)CC5C4C(=O)CC23)C1(C)C. The molecule has 0 heterocycles. The molecule has 5 rings (SSSR count).